The van der Waals surface area contributed by atoms with Crippen LogP contribution in [0, 0.1) is 6.92 Å². The minimum Gasteiger partial charge on any atom is -0.507 e. The lowest BCUT2D eigenvalue weighted by atomic mass is 10.0. The third-order valence-electron chi connectivity index (χ3n) is 5.66. The van der Waals surface area contributed by atoms with Crippen molar-refractivity contribution in [3.8, 4) is 11.5 Å². The number of carbonyl (C=O) groups is 2. The first-order valence-corrected chi connectivity index (χ1v) is 13.8. The van der Waals surface area contributed by atoms with E-state index >= 15 is 0 Å². The Morgan fingerprint density at radius 3 is 2.40 bits per heavy atom. The number of aryl methyl sites for hydroxylation is 1. The molecule has 0 radical (unpaired) electrons. The smallest absolute Gasteiger partial charge is 0.350 e. The topological polar surface area (TPSA) is 124 Å². The summed E-state index contributed by atoms with van der Waals surface area (Å²) >= 11 is 0. The molecule has 2 unspecified atom stereocenters. The number of carbonyl (C=O) groups excluding carboxylic acids is 2. The molecule has 2 atom stereocenters. The van der Waals surface area contributed by atoms with Crippen molar-refractivity contribution in [3.63, 3.8) is 0 Å². The zero-order chi connectivity index (χ0) is 30.3. The van der Waals surface area contributed by atoms with E-state index in [1.165, 1.54) is 25.2 Å². The molecule has 1 aromatic heterocycles. The number of aromatic hydroxyl groups is 1. The molecule has 0 bridgehead atoms. The number of ketones is 1. The van der Waals surface area contributed by atoms with Gasteiger partial charge >= 0.3 is 5.63 Å². The van der Waals surface area contributed by atoms with Gasteiger partial charge in [0.05, 0.1) is 13.2 Å². The summed E-state index contributed by atoms with van der Waals surface area (Å²) in [6.45, 7) is 11.6. The predicted octanol–water partition coefficient (Wildman–Crippen LogP) is 5.92. The van der Waals surface area contributed by atoms with E-state index in [0.717, 1.165) is 31.6 Å². The van der Waals surface area contributed by atoms with Crippen LogP contribution in [0.4, 0.5) is 0 Å². The lowest BCUT2D eigenvalue weighted by molar-refractivity contribution is -0.126. The Morgan fingerprint density at radius 1 is 1.25 bits per heavy atom. The first kappa shape index (κ1) is 36.4. The van der Waals surface area contributed by atoms with Gasteiger partial charge in [-0.3, -0.25) is 9.59 Å². The highest BCUT2D eigenvalue weighted by molar-refractivity contribution is 5.97. The number of allylic oxidation sites excluding steroid dienone is 1. The van der Waals surface area contributed by atoms with Crippen LogP contribution < -0.4 is 15.7 Å². The third kappa shape index (κ3) is 14.5. The van der Waals surface area contributed by atoms with Crippen molar-refractivity contribution < 1.29 is 33.3 Å². The zero-order valence-corrected chi connectivity index (χ0v) is 25.0. The van der Waals surface area contributed by atoms with Crippen LogP contribution in [0.15, 0.2) is 51.8 Å². The van der Waals surface area contributed by atoms with Crippen molar-refractivity contribution in [1.29, 1.82) is 0 Å². The molecule has 1 aromatic carbocycles. The van der Waals surface area contributed by atoms with Gasteiger partial charge < -0.3 is 29.1 Å². The normalized spacial score (nSPS) is 14.3. The van der Waals surface area contributed by atoms with Crippen LogP contribution in [-0.2, 0) is 14.3 Å². The number of Topliss-reactive ketones (excluding diaryl/α,β-unsaturated/α-hetero) is 1. The molecule has 9 heteroatoms. The van der Waals surface area contributed by atoms with E-state index in [1.54, 1.807) is 6.92 Å². The van der Waals surface area contributed by atoms with E-state index < -0.39 is 11.4 Å². The summed E-state index contributed by atoms with van der Waals surface area (Å²) in [5.41, 5.74) is 0.248. The van der Waals surface area contributed by atoms with Crippen LogP contribution in [0.3, 0.4) is 0 Å². The highest BCUT2D eigenvalue weighted by Gasteiger charge is 2.19. The number of ether oxygens (including phenoxy) is 3. The first-order valence-electron chi connectivity index (χ1n) is 13.8. The average Bonchev–Trinajstić information content (AvgIpc) is 3.50. The van der Waals surface area contributed by atoms with Crippen LogP contribution >= 0.6 is 0 Å². The van der Waals surface area contributed by atoms with Crippen molar-refractivity contribution in [2.45, 2.75) is 78.7 Å². The molecule has 1 saturated heterocycles. The SMILES string of the molecule is CC.CCC(=O)c1c(O)cc(C(C)CC/C=C/NC)oc1=O.COC=O.Cc1ccc(OCC2CCCO2)cc1. The molecule has 2 heterocycles. The van der Waals surface area contributed by atoms with Crippen molar-refractivity contribution in [3.05, 3.63) is 69.9 Å². The highest BCUT2D eigenvalue weighted by atomic mass is 16.5. The van der Waals surface area contributed by atoms with Gasteiger partial charge in [-0.2, -0.15) is 0 Å². The molecule has 2 aromatic rings. The average molecular weight is 562 g/mol. The summed E-state index contributed by atoms with van der Waals surface area (Å²) in [6, 6.07) is 9.50. The van der Waals surface area contributed by atoms with Gasteiger partial charge in [-0.1, -0.05) is 51.5 Å². The lowest BCUT2D eigenvalue weighted by Gasteiger charge is -2.11. The van der Waals surface area contributed by atoms with Crippen LogP contribution in [0.25, 0.3) is 0 Å². The molecule has 9 nitrogen and oxygen atoms in total. The largest absolute Gasteiger partial charge is 0.507 e. The van der Waals surface area contributed by atoms with Crippen LogP contribution in [-0.4, -0.2) is 50.8 Å². The summed E-state index contributed by atoms with van der Waals surface area (Å²) in [7, 11) is 3.13. The molecule has 1 aliphatic heterocycles. The van der Waals surface area contributed by atoms with E-state index in [0.29, 0.717) is 24.9 Å². The van der Waals surface area contributed by atoms with Crippen molar-refractivity contribution in [2.24, 2.45) is 0 Å². The first-order chi connectivity index (χ1) is 19.3. The summed E-state index contributed by atoms with van der Waals surface area (Å²) < 4.78 is 20.1. The minimum atomic E-state index is -0.760. The fourth-order valence-electron chi connectivity index (χ4n) is 3.46. The number of nitrogens with one attached hydrogen (secondary N) is 1. The van der Waals surface area contributed by atoms with Gasteiger partial charge in [0.1, 0.15) is 29.4 Å². The third-order valence-corrected chi connectivity index (χ3v) is 5.66. The van der Waals surface area contributed by atoms with E-state index in [-0.39, 0.29) is 23.7 Å². The zero-order valence-electron chi connectivity index (χ0n) is 25.0. The number of rotatable bonds is 11. The molecular formula is C31H47NO8. The quantitative estimate of drug-likeness (QED) is 0.254. The second-order valence-electron chi connectivity index (χ2n) is 8.73. The second-order valence-corrected chi connectivity index (χ2v) is 8.73. The maximum Gasteiger partial charge on any atom is 0.350 e. The molecule has 0 amide bonds. The Balaban J connectivity index is 0.000000658. The number of hydrogen-bond acceptors (Lipinski definition) is 9. The molecule has 2 N–H and O–H groups in total. The van der Waals surface area contributed by atoms with Gasteiger partial charge in [0.15, 0.2) is 5.78 Å². The summed E-state index contributed by atoms with van der Waals surface area (Å²) in [5, 5.41) is 12.7. The number of benzene rings is 1. The standard InChI is InChI=1S/C15H21NO4.C12H16O2.C2H4O2.C2H6/c1-4-11(17)14-12(18)9-13(20-15(14)19)10(2)7-5-6-8-16-3;1-10-4-6-11(7-5-10)14-9-12-3-2-8-13-12;1-4-2-3;1-2/h6,8-10,16,18H,4-5,7H2,1-3H3;4-7,12H,2-3,8-9H2,1H3;2H,1H3;1-2H3/b8-6+;;;. The molecule has 0 aliphatic carbocycles. The van der Waals surface area contributed by atoms with E-state index in [4.69, 9.17) is 18.7 Å². The second kappa shape index (κ2) is 22.2. The molecule has 0 saturated carbocycles. The maximum absolute atomic E-state index is 11.8. The fourth-order valence-corrected chi connectivity index (χ4v) is 3.46. The van der Waals surface area contributed by atoms with Crippen LogP contribution in [0.1, 0.15) is 87.4 Å². The molecule has 0 spiro atoms. The molecular weight excluding hydrogens is 514 g/mol. The fraction of sp³-hybridized carbons (Fsp3) is 0.516. The van der Waals surface area contributed by atoms with Gasteiger partial charge in [0, 0.05) is 32.1 Å². The lowest BCUT2D eigenvalue weighted by Crippen LogP contribution is -2.16. The Morgan fingerprint density at radius 2 is 1.90 bits per heavy atom. The van der Waals surface area contributed by atoms with E-state index in [2.05, 4.69) is 29.1 Å². The summed E-state index contributed by atoms with van der Waals surface area (Å²) in [4.78, 5) is 32.3. The van der Waals surface area contributed by atoms with Gasteiger partial charge in [-0.05, 0) is 50.9 Å². The summed E-state index contributed by atoms with van der Waals surface area (Å²) in [5.74, 6) is 0.623. The monoisotopic (exact) mass is 561 g/mol. The Hall–Kier alpha value is -3.59. The molecule has 224 valence electrons. The Bertz CT molecular complexity index is 1040. The van der Waals surface area contributed by atoms with E-state index in [9.17, 15) is 14.7 Å². The van der Waals surface area contributed by atoms with Crippen LogP contribution in [0.2, 0.25) is 0 Å². The van der Waals surface area contributed by atoms with Gasteiger partial charge in [-0.25, -0.2) is 4.79 Å². The van der Waals surface area contributed by atoms with Crippen LogP contribution in [0.5, 0.6) is 11.5 Å². The molecule has 3 rings (SSSR count). The number of hydrogen-bond donors (Lipinski definition) is 2. The Kier molecular flexibility index (Phi) is 20.3. The van der Waals surface area contributed by atoms with Crippen molar-refractivity contribution >= 4 is 12.3 Å². The Labute approximate surface area is 238 Å². The van der Waals surface area contributed by atoms with Gasteiger partial charge in [-0.15, -0.1) is 0 Å². The molecule has 1 fully saturated rings. The van der Waals surface area contributed by atoms with E-state index in [1.807, 2.05) is 52.2 Å². The van der Waals surface area contributed by atoms with Crippen molar-refractivity contribution in [1.82, 2.24) is 5.32 Å². The molecule has 40 heavy (non-hydrogen) atoms. The molecule has 1 aliphatic rings. The predicted molar refractivity (Wildman–Crippen MR) is 157 cm³/mol. The maximum atomic E-state index is 11.8. The van der Waals surface area contributed by atoms with Gasteiger partial charge in [0.25, 0.3) is 6.47 Å². The van der Waals surface area contributed by atoms with Gasteiger partial charge in [0.2, 0.25) is 0 Å². The van der Waals surface area contributed by atoms with Crippen molar-refractivity contribution in [2.75, 3.05) is 27.4 Å². The number of methoxy groups -OCH3 is 1. The minimum absolute atomic E-state index is 0.0131. The summed E-state index contributed by atoms with van der Waals surface area (Å²) in [6.07, 6.45) is 8.17. The highest BCUT2D eigenvalue weighted by Crippen LogP contribution is 2.25.